The van der Waals surface area contributed by atoms with Gasteiger partial charge in [0.15, 0.2) is 0 Å². The van der Waals surface area contributed by atoms with Crippen LogP contribution >= 0.6 is 0 Å². The van der Waals surface area contributed by atoms with Crippen LogP contribution in [-0.2, 0) is 6.54 Å². The molecule has 6 heteroatoms. The van der Waals surface area contributed by atoms with Gasteiger partial charge < -0.3 is 20.2 Å². The largest absolute Gasteiger partial charge is 0.444 e. The van der Waals surface area contributed by atoms with E-state index in [9.17, 15) is 9.90 Å². The molecule has 2 amide bonds. The average molecular weight is 331 g/mol. The summed E-state index contributed by atoms with van der Waals surface area (Å²) in [6.45, 7) is 6.01. The molecule has 2 aromatic rings. The number of urea groups is 1. The number of aliphatic hydroxyl groups excluding tert-OH is 1. The number of aryl methyl sites for hydroxylation is 1. The molecule has 2 rings (SSSR count). The van der Waals surface area contributed by atoms with Gasteiger partial charge in [-0.1, -0.05) is 31.0 Å². The predicted octanol–water partition coefficient (Wildman–Crippen LogP) is 3.00. The van der Waals surface area contributed by atoms with Gasteiger partial charge in [0.05, 0.1) is 24.4 Å². The Labute approximate surface area is 142 Å². The van der Waals surface area contributed by atoms with Crippen molar-refractivity contribution in [2.75, 3.05) is 6.61 Å². The molecule has 1 aromatic heterocycles. The quantitative estimate of drug-likeness (QED) is 0.728. The number of hydrogen-bond donors (Lipinski definition) is 3. The monoisotopic (exact) mass is 331 g/mol. The zero-order valence-electron chi connectivity index (χ0n) is 14.4. The molecule has 0 radical (unpaired) electrons. The maximum absolute atomic E-state index is 12.0. The second-order valence-corrected chi connectivity index (χ2v) is 6.29. The molecule has 0 saturated carbocycles. The molecule has 6 nitrogen and oxygen atoms in total. The Morgan fingerprint density at radius 1 is 1.33 bits per heavy atom. The van der Waals surface area contributed by atoms with Crippen LogP contribution in [0.2, 0.25) is 0 Å². The minimum absolute atomic E-state index is 0.101. The van der Waals surface area contributed by atoms with E-state index in [1.54, 1.807) is 0 Å². The van der Waals surface area contributed by atoms with Crippen molar-refractivity contribution in [3.63, 3.8) is 0 Å². The maximum atomic E-state index is 12.0. The Kier molecular flexibility index (Phi) is 5.98. The highest BCUT2D eigenvalue weighted by atomic mass is 16.3. The number of aromatic nitrogens is 1. The summed E-state index contributed by atoms with van der Waals surface area (Å²) >= 11 is 0. The Balaban J connectivity index is 1.91. The number of carbonyl (C=O) groups excluding carboxylic acids is 1. The van der Waals surface area contributed by atoms with E-state index in [2.05, 4.69) is 15.6 Å². The molecule has 24 heavy (non-hydrogen) atoms. The van der Waals surface area contributed by atoms with E-state index >= 15 is 0 Å². The van der Waals surface area contributed by atoms with Crippen LogP contribution in [0, 0.1) is 6.92 Å². The lowest BCUT2D eigenvalue weighted by Gasteiger charge is -2.28. The standard InChI is InChI=1S/C18H25N3O3/c1-4-9-18(3,12-22)21-17(23)19-10-15-11-24-16(20-15)14-7-5-13(2)6-8-14/h5-8,11,22H,4,9-10,12H2,1-3H3,(H2,19,21,23). The highest BCUT2D eigenvalue weighted by Gasteiger charge is 2.24. The molecule has 0 fully saturated rings. The summed E-state index contributed by atoms with van der Waals surface area (Å²) in [6.07, 6.45) is 3.12. The third-order valence-corrected chi connectivity index (χ3v) is 3.85. The normalized spacial score (nSPS) is 13.3. The van der Waals surface area contributed by atoms with Crippen molar-refractivity contribution in [3.05, 3.63) is 41.8 Å². The van der Waals surface area contributed by atoms with Gasteiger partial charge in [0.25, 0.3) is 0 Å². The Morgan fingerprint density at radius 3 is 2.67 bits per heavy atom. The number of hydrogen-bond acceptors (Lipinski definition) is 4. The van der Waals surface area contributed by atoms with Crippen molar-refractivity contribution in [3.8, 4) is 11.5 Å². The van der Waals surface area contributed by atoms with Gasteiger partial charge in [-0.3, -0.25) is 0 Å². The lowest BCUT2D eigenvalue weighted by atomic mass is 9.98. The molecule has 0 bridgehead atoms. The second kappa shape index (κ2) is 7.97. The second-order valence-electron chi connectivity index (χ2n) is 6.29. The lowest BCUT2D eigenvalue weighted by Crippen LogP contribution is -2.52. The van der Waals surface area contributed by atoms with E-state index in [-0.39, 0.29) is 19.2 Å². The Bertz CT molecular complexity index is 666. The summed E-state index contributed by atoms with van der Waals surface area (Å²) in [5, 5.41) is 15.0. The van der Waals surface area contributed by atoms with Crippen LogP contribution < -0.4 is 10.6 Å². The van der Waals surface area contributed by atoms with Gasteiger partial charge in [-0.15, -0.1) is 0 Å². The third kappa shape index (κ3) is 4.83. The van der Waals surface area contributed by atoms with Crippen LogP contribution in [0.1, 0.15) is 37.9 Å². The Hall–Kier alpha value is -2.34. The van der Waals surface area contributed by atoms with E-state index in [4.69, 9.17) is 4.42 Å². The number of nitrogens with zero attached hydrogens (tertiary/aromatic N) is 1. The first-order chi connectivity index (χ1) is 11.5. The first-order valence-electron chi connectivity index (χ1n) is 8.14. The van der Waals surface area contributed by atoms with Crippen LogP contribution in [0.15, 0.2) is 34.9 Å². The van der Waals surface area contributed by atoms with Crippen LogP contribution in [0.25, 0.3) is 11.5 Å². The zero-order chi connectivity index (χ0) is 17.6. The van der Waals surface area contributed by atoms with E-state index < -0.39 is 5.54 Å². The smallest absolute Gasteiger partial charge is 0.315 e. The molecule has 1 atom stereocenters. The minimum atomic E-state index is -0.615. The number of rotatable bonds is 7. The SMILES string of the molecule is CCCC(C)(CO)NC(=O)NCc1coc(-c2ccc(C)cc2)n1. The van der Waals surface area contributed by atoms with Crippen molar-refractivity contribution < 1.29 is 14.3 Å². The molecule has 0 spiro atoms. The highest BCUT2D eigenvalue weighted by molar-refractivity contribution is 5.74. The fourth-order valence-corrected chi connectivity index (χ4v) is 2.44. The van der Waals surface area contributed by atoms with E-state index in [1.165, 1.54) is 11.8 Å². The molecule has 3 N–H and O–H groups in total. The van der Waals surface area contributed by atoms with Crippen LogP contribution in [-0.4, -0.2) is 28.3 Å². The number of amides is 2. The summed E-state index contributed by atoms with van der Waals surface area (Å²) in [5.74, 6) is 0.526. The maximum Gasteiger partial charge on any atom is 0.315 e. The summed E-state index contributed by atoms with van der Waals surface area (Å²) in [7, 11) is 0. The number of oxazole rings is 1. The minimum Gasteiger partial charge on any atom is -0.444 e. The van der Waals surface area contributed by atoms with Gasteiger partial charge >= 0.3 is 6.03 Å². The Morgan fingerprint density at radius 2 is 2.04 bits per heavy atom. The number of benzene rings is 1. The van der Waals surface area contributed by atoms with Crippen molar-refractivity contribution in [2.24, 2.45) is 0 Å². The molecule has 0 saturated heterocycles. The van der Waals surface area contributed by atoms with Crippen LogP contribution in [0.5, 0.6) is 0 Å². The summed E-state index contributed by atoms with van der Waals surface area (Å²) < 4.78 is 5.46. The number of nitrogens with one attached hydrogen (secondary N) is 2. The first-order valence-corrected chi connectivity index (χ1v) is 8.14. The summed E-state index contributed by atoms with van der Waals surface area (Å²) in [5.41, 5.74) is 2.09. The van der Waals surface area contributed by atoms with Gasteiger partial charge in [-0.25, -0.2) is 9.78 Å². The number of aliphatic hydroxyl groups is 1. The zero-order valence-corrected chi connectivity index (χ0v) is 14.4. The van der Waals surface area contributed by atoms with Gasteiger partial charge in [-0.2, -0.15) is 0 Å². The van der Waals surface area contributed by atoms with Crippen LogP contribution in [0.3, 0.4) is 0 Å². The van der Waals surface area contributed by atoms with Gasteiger partial charge in [0, 0.05) is 5.56 Å². The van der Waals surface area contributed by atoms with Crippen molar-refractivity contribution in [1.82, 2.24) is 15.6 Å². The fraction of sp³-hybridized carbons (Fsp3) is 0.444. The molecular formula is C18H25N3O3. The van der Waals surface area contributed by atoms with E-state index in [0.29, 0.717) is 18.0 Å². The van der Waals surface area contributed by atoms with Crippen molar-refractivity contribution >= 4 is 6.03 Å². The van der Waals surface area contributed by atoms with Gasteiger partial charge in [-0.05, 0) is 32.4 Å². The highest BCUT2D eigenvalue weighted by Crippen LogP contribution is 2.19. The van der Waals surface area contributed by atoms with E-state index in [1.807, 2.05) is 45.0 Å². The third-order valence-electron chi connectivity index (χ3n) is 3.85. The van der Waals surface area contributed by atoms with Crippen molar-refractivity contribution in [2.45, 2.75) is 45.7 Å². The predicted molar refractivity (Wildman–Crippen MR) is 92.4 cm³/mol. The molecule has 0 aliphatic rings. The molecule has 1 heterocycles. The molecule has 130 valence electrons. The van der Waals surface area contributed by atoms with E-state index in [0.717, 1.165) is 12.0 Å². The molecule has 1 aromatic carbocycles. The topological polar surface area (TPSA) is 87.4 Å². The van der Waals surface area contributed by atoms with Gasteiger partial charge in [0.2, 0.25) is 5.89 Å². The summed E-state index contributed by atoms with van der Waals surface area (Å²) in [4.78, 5) is 16.4. The van der Waals surface area contributed by atoms with Crippen LogP contribution in [0.4, 0.5) is 4.79 Å². The fourth-order valence-electron chi connectivity index (χ4n) is 2.44. The average Bonchev–Trinajstić information content (AvgIpc) is 3.03. The molecule has 0 aliphatic heterocycles. The lowest BCUT2D eigenvalue weighted by molar-refractivity contribution is 0.163. The summed E-state index contributed by atoms with van der Waals surface area (Å²) in [6, 6.07) is 7.55. The molecule has 0 aliphatic carbocycles. The number of carbonyl (C=O) groups is 1. The van der Waals surface area contributed by atoms with Crippen molar-refractivity contribution in [1.29, 1.82) is 0 Å². The van der Waals surface area contributed by atoms with Gasteiger partial charge in [0.1, 0.15) is 6.26 Å². The molecule has 1 unspecified atom stereocenters. The first kappa shape index (κ1) is 18.0. The molecular weight excluding hydrogens is 306 g/mol.